The van der Waals surface area contributed by atoms with Gasteiger partial charge in [-0.2, -0.15) is 0 Å². The van der Waals surface area contributed by atoms with E-state index in [4.69, 9.17) is 11.6 Å². The molecular formula is C24H25BrClN3O2S. The smallest absolute Gasteiger partial charge is 0.248 e. The third kappa shape index (κ3) is 3.93. The number of carbonyl (C=O) groups is 2. The van der Waals surface area contributed by atoms with Gasteiger partial charge in [-0.25, -0.2) is 0 Å². The number of hydrogen-bond acceptors (Lipinski definition) is 4. The van der Waals surface area contributed by atoms with Gasteiger partial charge in [0.1, 0.15) is 10.9 Å². The van der Waals surface area contributed by atoms with E-state index < -0.39 is 10.9 Å². The highest BCUT2D eigenvalue weighted by Crippen LogP contribution is 2.54. The van der Waals surface area contributed by atoms with Crippen molar-refractivity contribution in [3.63, 3.8) is 0 Å². The number of amides is 2. The fourth-order valence-corrected chi connectivity index (χ4v) is 7.17. The van der Waals surface area contributed by atoms with Gasteiger partial charge in [0.05, 0.1) is 11.4 Å². The van der Waals surface area contributed by atoms with Crippen LogP contribution in [0.15, 0.2) is 46.9 Å². The highest BCUT2D eigenvalue weighted by atomic mass is 79.9. The lowest BCUT2D eigenvalue weighted by atomic mass is 10.0. The first-order valence-corrected chi connectivity index (χ1v) is 13.2. The maximum absolute atomic E-state index is 13.5. The Hall–Kier alpha value is -1.70. The van der Waals surface area contributed by atoms with Gasteiger partial charge in [-0.3, -0.25) is 9.59 Å². The molecule has 2 atom stereocenters. The number of nitrogens with zero attached hydrogens (tertiary/aromatic N) is 2. The predicted octanol–water partition coefficient (Wildman–Crippen LogP) is 5.62. The molecule has 0 unspecified atom stereocenters. The van der Waals surface area contributed by atoms with Crippen LogP contribution in [0.4, 0.5) is 11.4 Å². The van der Waals surface area contributed by atoms with Crippen molar-refractivity contribution < 1.29 is 9.59 Å². The maximum atomic E-state index is 13.5. The van der Waals surface area contributed by atoms with Crippen LogP contribution < -0.4 is 10.2 Å². The van der Waals surface area contributed by atoms with Crippen LogP contribution in [0, 0.1) is 0 Å². The Bertz CT molecular complexity index is 1040. The van der Waals surface area contributed by atoms with Gasteiger partial charge >= 0.3 is 0 Å². The van der Waals surface area contributed by atoms with Gasteiger partial charge < -0.3 is 15.1 Å². The molecule has 3 aliphatic rings. The van der Waals surface area contributed by atoms with E-state index in [0.29, 0.717) is 17.2 Å². The molecule has 0 radical (unpaired) electrons. The third-order valence-electron chi connectivity index (χ3n) is 6.64. The van der Waals surface area contributed by atoms with E-state index in [-0.39, 0.29) is 11.8 Å². The lowest BCUT2D eigenvalue weighted by molar-refractivity contribution is -0.136. The van der Waals surface area contributed by atoms with E-state index in [2.05, 4.69) is 26.1 Å². The standard InChI is InChI=1S/C24H25BrClN3O2S/c25-17-6-4-16(5-7-17)24-11-10-22(30)29(24)21(15-32-24)23(31)27-19-14-18(26)8-9-20(19)28-12-2-1-3-13-28/h4-9,14,21H,1-3,10-13,15H2,(H,27,31)/t21-,24-/m1/s1. The van der Waals surface area contributed by atoms with Crippen molar-refractivity contribution in [1.82, 2.24) is 4.90 Å². The average molecular weight is 535 g/mol. The normalized spacial score (nSPS) is 25.2. The van der Waals surface area contributed by atoms with Gasteiger partial charge in [-0.05, 0) is 61.6 Å². The lowest BCUT2D eigenvalue weighted by Gasteiger charge is -2.34. The molecule has 0 bridgehead atoms. The Morgan fingerprint density at radius 3 is 2.62 bits per heavy atom. The van der Waals surface area contributed by atoms with Crippen LogP contribution in [0.25, 0.3) is 0 Å². The Balaban J connectivity index is 1.42. The number of hydrogen-bond donors (Lipinski definition) is 1. The lowest BCUT2D eigenvalue weighted by Crippen LogP contribution is -2.48. The number of fused-ring (bicyclic) bond motifs is 1. The summed E-state index contributed by atoms with van der Waals surface area (Å²) >= 11 is 11.5. The first kappa shape index (κ1) is 22.1. The minimum Gasteiger partial charge on any atom is -0.370 e. The first-order valence-electron chi connectivity index (χ1n) is 11.1. The first-order chi connectivity index (χ1) is 15.5. The van der Waals surface area contributed by atoms with Crippen molar-refractivity contribution in [2.45, 2.75) is 43.0 Å². The summed E-state index contributed by atoms with van der Waals surface area (Å²) < 4.78 is 0.997. The van der Waals surface area contributed by atoms with E-state index in [1.165, 1.54) is 6.42 Å². The minimum atomic E-state index is -0.508. The molecule has 2 aromatic carbocycles. The van der Waals surface area contributed by atoms with Crippen LogP contribution >= 0.6 is 39.3 Å². The summed E-state index contributed by atoms with van der Waals surface area (Å²) in [6.07, 6.45) is 4.71. The molecule has 0 aromatic heterocycles. The molecule has 2 aromatic rings. The zero-order chi connectivity index (χ0) is 22.3. The Morgan fingerprint density at radius 1 is 1.12 bits per heavy atom. The number of thioether (sulfide) groups is 1. The molecule has 0 spiro atoms. The van der Waals surface area contributed by atoms with Gasteiger partial charge in [-0.1, -0.05) is 39.7 Å². The average Bonchev–Trinajstić information content (AvgIpc) is 3.34. The predicted molar refractivity (Wildman–Crippen MR) is 134 cm³/mol. The summed E-state index contributed by atoms with van der Waals surface area (Å²) in [6.45, 7) is 1.95. The van der Waals surface area contributed by atoms with E-state index in [1.54, 1.807) is 11.8 Å². The molecule has 3 aliphatic heterocycles. The molecule has 5 rings (SSSR count). The number of benzene rings is 2. The second kappa shape index (κ2) is 8.92. The van der Waals surface area contributed by atoms with Crippen LogP contribution in [-0.4, -0.2) is 41.6 Å². The molecular weight excluding hydrogens is 510 g/mol. The fraction of sp³-hybridized carbons (Fsp3) is 0.417. The molecule has 3 saturated heterocycles. The quantitative estimate of drug-likeness (QED) is 0.553. The van der Waals surface area contributed by atoms with Gasteiger partial charge in [0.2, 0.25) is 11.8 Å². The van der Waals surface area contributed by atoms with E-state index in [0.717, 1.165) is 53.8 Å². The highest BCUT2D eigenvalue weighted by molar-refractivity contribution is 9.10. The maximum Gasteiger partial charge on any atom is 0.248 e. The molecule has 3 heterocycles. The molecule has 32 heavy (non-hydrogen) atoms. The molecule has 1 N–H and O–H groups in total. The Morgan fingerprint density at radius 2 is 1.88 bits per heavy atom. The summed E-state index contributed by atoms with van der Waals surface area (Å²) in [6, 6.07) is 13.3. The van der Waals surface area contributed by atoms with Crippen molar-refractivity contribution in [3.8, 4) is 0 Å². The molecule has 3 fully saturated rings. The van der Waals surface area contributed by atoms with Gasteiger partial charge in [0.15, 0.2) is 0 Å². The van der Waals surface area contributed by atoms with Crippen molar-refractivity contribution >= 4 is 62.5 Å². The number of rotatable bonds is 4. The molecule has 2 amide bonds. The molecule has 8 heteroatoms. The van der Waals surface area contributed by atoms with Crippen molar-refractivity contribution in [2.75, 3.05) is 29.1 Å². The van der Waals surface area contributed by atoms with Gasteiger partial charge in [-0.15, -0.1) is 11.8 Å². The number of carbonyl (C=O) groups excluding carboxylic acids is 2. The monoisotopic (exact) mass is 533 g/mol. The molecule has 0 aliphatic carbocycles. The van der Waals surface area contributed by atoms with Crippen LogP contribution in [-0.2, 0) is 14.5 Å². The summed E-state index contributed by atoms with van der Waals surface area (Å²) in [5.74, 6) is 0.473. The topological polar surface area (TPSA) is 52.7 Å². The number of anilines is 2. The largest absolute Gasteiger partial charge is 0.370 e. The van der Waals surface area contributed by atoms with Crippen LogP contribution in [0.3, 0.4) is 0 Å². The van der Waals surface area contributed by atoms with Crippen LogP contribution in [0.2, 0.25) is 5.02 Å². The summed E-state index contributed by atoms with van der Waals surface area (Å²) in [5.41, 5.74) is 2.80. The van der Waals surface area contributed by atoms with Crippen molar-refractivity contribution in [3.05, 3.63) is 57.5 Å². The van der Waals surface area contributed by atoms with Crippen molar-refractivity contribution in [1.29, 1.82) is 0 Å². The molecule has 5 nitrogen and oxygen atoms in total. The SMILES string of the molecule is O=C(Nc1cc(Cl)ccc1N1CCCCC1)[C@H]1CS[C@@]2(c3ccc(Br)cc3)CCC(=O)N12. The fourth-order valence-electron chi connectivity index (χ4n) is 5.08. The van der Waals surface area contributed by atoms with Crippen LogP contribution in [0.5, 0.6) is 0 Å². The molecule has 168 valence electrons. The highest BCUT2D eigenvalue weighted by Gasteiger charge is 2.56. The summed E-state index contributed by atoms with van der Waals surface area (Å²) in [7, 11) is 0. The third-order valence-corrected chi connectivity index (χ3v) is 9.00. The molecule has 0 saturated carbocycles. The van der Waals surface area contributed by atoms with E-state index in [1.807, 2.05) is 47.4 Å². The van der Waals surface area contributed by atoms with Crippen molar-refractivity contribution in [2.24, 2.45) is 0 Å². The number of piperidine rings is 1. The number of nitrogens with one attached hydrogen (secondary N) is 1. The minimum absolute atomic E-state index is 0.0421. The van der Waals surface area contributed by atoms with Gasteiger partial charge in [0, 0.05) is 34.8 Å². The second-order valence-corrected chi connectivity index (χ2v) is 11.2. The Labute approximate surface area is 206 Å². The Kier molecular flexibility index (Phi) is 6.16. The van der Waals surface area contributed by atoms with Crippen LogP contribution in [0.1, 0.15) is 37.7 Å². The summed E-state index contributed by atoms with van der Waals surface area (Å²) in [5, 5.41) is 3.71. The summed E-state index contributed by atoms with van der Waals surface area (Å²) in [4.78, 5) is 30.1. The van der Waals surface area contributed by atoms with E-state index in [9.17, 15) is 9.59 Å². The van der Waals surface area contributed by atoms with E-state index >= 15 is 0 Å². The number of halogens is 2. The zero-order valence-corrected chi connectivity index (χ0v) is 20.8. The second-order valence-electron chi connectivity index (χ2n) is 8.58. The zero-order valence-electron chi connectivity index (χ0n) is 17.7. The van der Waals surface area contributed by atoms with Gasteiger partial charge in [0.25, 0.3) is 0 Å².